The molecule has 19 heavy (non-hydrogen) atoms. The van der Waals surface area contributed by atoms with Gasteiger partial charge in [0.2, 0.25) is 0 Å². The molecule has 0 amide bonds. The molecule has 1 unspecified atom stereocenters. The Morgan fingerprint density at radius 1 is 1.16 bits per heavy atom. The molecule has 1 aliphatic heterocycles. The van der Waals surface area contributed by atoms with Crippen LogP contribution >= 0.6 is 0 Å². The van der Waals surface area contributed by atoms with Crippen molar-refractivity contribution >= 4 is 0 Å². The summed E-state index contributed by atoms with van der Waals surface area (Å²) in [6, 6.07) is 1.63. The zero-order chi connectivity index (χ0) is 13.7. The Bertz CT molecular complexity index is 248. The lowest BCUT2D eigenvalue weighted by molar-refractivity contribution is 0.154. The Balaban J connectivity index is 1.66. The van der Waals surface area contributed by atoms with Crippen LogP contribution in [0, 0.1) is 5.92 Å². The molecule has 1 saturated heterocycles. The highest BCUT2D eigenvalue weighted by molar-refractivity contribution is 4.84. The van der Waals surface area contributed by atoms with Crippen molar-refractivity contribution in [2.24, 2.45) is 5.92 Å². The van der Waals surface area contributed by atoms with Crippen molar-refractivity contribution in [2.75, 3.05) is 40.3 Å². The molecule has 3 nitrogen and oxygen atoms in total. The van der Waals surface area contributed by atoms with Crippen LogP contribution in [0.25, 0.3) is 0 Å². The van der Waals surface area contributed by atoms with Crippen LogP contribution in [0.15, 0.2) is 0 Å². The van der Waals surface area contributed by atoms with Gasteiger partial charge in [-0.1, -0.05) is 6.92 Å². The van der Waals surface area contributed by atoms with Gasteiger partial charge in [0.1, 0.15) is 0 Å². The van der Waals surface area contributed by atoms with Gasteiger partial charge in [-0.05, 0) is 71.6 Å². The van der Waals surface area contributed by atoms with Crippen LogP contribution in [0.5, 0.6) is 0 Å². The molecule has 2 fully saturated rings. The number of nitrogens with zero attached hydrogens (tertiary/aromatic N) is 2. The van der Waals surface area contributed by atoms with Gasteiger partial charge in [-0.3, -0.25) is 0 Å². The maximum absolute atomic E-state index is 3.68. The Labute approximate surface area is 119 Å². The van der Waals surface area contributed by atoms with E-state index in [-0.39, 0.29) is 0 Å². The summed E-state index contributed by atoms with van der Waals surface area (Å²) in [6.45, 7) is 7.36. The Kier molecular flexibility index (Phi) is 6.11. The maximum Gasteiger partial charge on any atom is 0.00934 e. The molecule has 1 atom stereocenters. The summed E-state index contributed by atoms with van der Waals surface area (Å²) in [5, 5.41) is 3.68. The van der Waals surface area contributed by atoms with Crippen molar-refractivity contribution in [3.63, 3.8) is 0 Å². The van der Waals surface area contributed by atoms with Crippen LogP contribution in [-0.2, 0) is 0 Å². The summed E-state index contributed by atoms with van der Waals surface area (Å²) in [5.74, 6) is 0.908. The number of hydrogen-bond acceptors (Lipinski definition) is 3. The highest BCUT2D eigenvalue weighted by Gasteiger charge is 2.27. The predicted molar refractivity (Wildman–Crippen MR) is 82.6 cm³/mol. The first kappa shape index (κ1) is 15.3. The summed E-state index contributed by atoms with van der Waals surface area (Å²) >= 11 is 0. The molecule has 2 aliphatic rings. The third kappa shape index (κ3) is 4.73. The van der Waals surface area contributed by atoms with E-state index in [9.17, 15) is 0 Å². The fourth-order valence-corrected chi connectivity index (χ4v) is 3.80. The van der Waals surface area contributed by atoms with Gasteiger partial charge in [0.05, 0.1) is 0 Å². The molecule has 112 valence electrons. The monoisotopic (exact) mass is 267 g/mol. The normalized spacial score (nSPS) is 33.2. The van der Waals surface area contributed by atoms with E-state index in [1.807, 2.05) is 0 Å². The SMILES string of the molecule is CCCNC1CCC(N(C)CC2CCN(C)C2)CC1. The van der Waals surface area contributed by atoms with Gasteiger partial charge in [-0.25, -0.2) is 0 Å². The largest absolute Gasteiger partial charge is 0.314 e. The quantitative estimate of drug-likeness (QED) is 0.796. The van der Waals surface area contributed by atoms with Gasteiger partial charge in [0.25, 0.3) is 0 Å². The first-order valence-electron chi connectivity index (χ1n) is 8.31. The second-order valence-electron chi connectivity index (χ2n) is 6.82. The van der Waals surface area contributed by atoms with Crippen LogP contribution in [0.2, 0.25) is 0 Å². The molecule has 1 aliphatic carbocycles. The molecular formula is C16H33N3. The molecule has 2 rings (SSSR count). The standard InChI is InChI=1S/C16H33N3/c1-4-10-17-15-5-7-16(8-6-15)19(3)13-14-9-11-18(2)12-14/h14-17H,4-13H2,1-3H3. The first-order valence-corrected chi connectivity index (χ1v) is 8.31. The lowest BCUT2D eigenvalue weighted by Gasteiger charge is -2.36. The molecule has 0 aromatic carbocycles. The summed E-state index contributed by atoms with van der Waals surface area (Å²) in [6.07, 6.45) is 8.18. The van der Waals surface area contributed by atoms with Crippen LogP contribution in [-0.4, -0.2) is 62.2 Å². The number of nitrogens with one attached hydrogen (secondary N) is 1. The Morgan fingerprint density at radius 3 is 2.47 bits per heavy atom. The molecule has 3 heteroatoms. The zero-order valence-corrected chi connectivity index (χ0v) is 13.2. The minimum atomic E-state index is 0.794. The van der Waals surface area contributed by atoms with Crippen molar-refractivity contribution < 1.29 is 0 Å². The Morgan fingerprint density at radius 2 is 1.89 bits per heavy atom. The van der Waals surface area contributed by atoms with Crippen LogP contribution in [0.3, 0.4) is 0 Å². The lowest BCUT2D eigenvalue weighted by atomic mass is 9.90. The highest BCUT2D eigenvalue weighted by Crippen LogP contribution is 2.24. The lowest BCUT2D eigenvalue weighted by Crippen LogP contribution is -2.42. The van der Waals surface area contributed by atoms with E-state index in [0.29, 0.717) is 0 Å². The molecule has 0 aromatic rings. The van der Waals surface area contributed by atoms with Gasteiger partial charge in [-0.2, -0.15) is 0 Å². The molecule has 0 aromatic heterocycles. The smallest absolute Gasteiger partial charge is 0.00934 e. The third-order valence-electron chi connectivity index (χ3n) is 5.04. The highest BCUT2D eigenvalue weighted by atomic mass is 15.2. The predicted octanol–water partition coefficient (Wildman–Crippen LogP) is 2.18. The first-order chi connectivity index (χ1) is 9.19. The summed E-state index contributed by atoms with van der Waals surface area (Å²) < 4.78 is 0. The third-order valence-corrected chi connectivity index (χ3v) is 5.04. The fourth-order valence-electron chi connectivity index (χ4n) is 3.80. The van der Waals surface area contributed by atoms with Crippen molar-refractivity contribution in [1.82, 2.24) is 15.1 Å². The second kappa shape index (κ2) is 7.61. The summed E-state index contributed by atoms with van der Waals surface area (Å²) in [4.78, 5) is 5.13. The minimum absolute atomic E-state index is 0.794. The molecular weight excluding hydrogens is 234 g/mol. The zero-order valence-electron chi connectivity index (χ0n) is 13.2. The van der Waals surface area contributed by atoms with Crippen LogP contribution < -0.4 is 5.32 Å². The van der Waals surface area contributed by atoms with Crippen LogP contribution in [0.4, 0.5) is 0 Å². The number of likely N-dealkylation sites (tertiary alicyclic amines) is 1. The number of rotatable bonds is 6. The van der Waals surface area contributed by atoms with Gasteiger partial charge in [0.15, 0.2) is 0 Å². The average molecular weight is 267 g/mol. The van der Waals surface area contributed by atoms with E-state index < -0.39 is 0 Å². The van der Waals surface area contributed by atoms with Gasteiger partial charge < -0.3 is 15.1 Å². The van der Waals surface area contributed by atoms with E-state index in [0.717, 1.165) is 18.0 Å². The molecule has 0 bridgehead atoms. The summed E-state index contributed by atoms with van der Waals surface area (Å²) in [5.41, 5.74) is 0. The van der Waals surface area contributed by atoms with E-state index in [4.69, 9.17) is 0 Å². The van der Waals surface area contributed by atoms with Crippen molar-refractivity contribution in [2.45, 2.75) is 57.5 Å². The van der Waals surface area contributed by atoms with Crippen molar-refractivity contribution in [3.8, 4) is 0 Å². The second-order valence-corrected chi connectivity index (χ2v) is 6.82. The molecule has 0 spiro atoms. The number of hydrogen-bond donors (Lipinski definition) is 1. The van der Waals surface area contributed by atoms with Gasteiger partial charge in [0, 0.05) is 25.2 Å². The molecule has 1 heterocycles. The van der Waals surface area contributed by atoms with E-state index in [1.54, 1.807) is 0 Å². The van der Waals surface area contributed by atoms with Crippen molar-refractivity contribution in [1.29, 1.82) is 0 Å². The minimum Gasteiger partial charge on any atom is -0.314 e. The van der Waals surface area contributed by atoms with E-state index in [1.165, 1.54) is 64.7 Å². The molecule has 0 radical (unpaired) electrons. The molecule has 1 saturated carbocycles. The van der Waals surface area contributed by atoms with Crippen LogP contribution in [0.1, 0.15) is 45.4 Å². The Hall–Kier alpha value is -0.120. The average Bonchev–Trinajstić information content (AvgIpc) is 2.82. The fraction of sp³-hybridized carbons (Fsp3) is 1.00. The maximum atomic E-state index is 3.68. The molecule has 1 N–H and O–H groups in total. The van der Waals surface area contributed by atoms with Crippen molar-refractivity contribution in [3.05, 3.63) is 0 Å². The topological polar surface area (TPSA) is 18.5 Å². The van der Waals surface area contributed by atoms with E-state index >= 15 is 0 Å². The van der Waals surface area contributed by atoms with E-state index in [2.05, 4.69) is 36.1 Å². The summed E-state index contributed by atoms with van der Waals surface area (Å²) in [7, 11) is 4.60. The van der Waals surface area contributed by atoms with Gasteiger partial charge >= 0.3 is 0 Å². The van der Waals surface area contributed by atoms with Gasteiger partial charge in [-0.15, -0.1) is 0 Å².